The molecule has 5 nitrogen and oxygen atoms in total. The second-order valence-corrected chi connectivity index (χ2v) is 3.76. The average Bonchev–Trinajstić information content (AvgIpc) is 2.57. The second-order valence-electron chi connectivity index (χ2n) is 3.76. The van der Waals surface area contributed by atoms with Crippen molar-refractivity contribution in [2.45, 2.75) is 6.54 Å². The van der Waals surface area contributed by atoms with E-state index < -0.39 is 5.97 Å². The van der Waals surface area contributed by atoms with Crippen LogP contribution < -0.4 is 0 Å². The lowest BCUT2D eigenvalue weighted by Gasteiger charge is -2.11. The molecule has 0 radical (unpaired) electrons. The molecule has 5 heteroatoms. The Morgan fingerprint density at radius 3 is 3.06 bits per heavy atom. The Kier molecular flexibility index (Phi) is 2.87. The first kappa shape index (κ1) is 10.6. The van der Waals surface area contributed by atoms with Crippen LogP contribution in [0.5, 0.6) is 0 Å². The highest BCUT2D eigenvalue weighted by molar-refractivity contribution is 5.69. The van der Waals surface area contributed by atoms with Crippen LogP contribution in [0.15, 0.2) is 30.6 Å². The Morgan fingerprint density at radius 1 is 1.56 bits per heavy atom. The molecule has 84 valence electrons. The van der Waals surface area contributed by atoms with Gasteiger partial charge in [-0.3, -0.25) is 9.69 Å². The summed E-state index contributed by atoms with van der Waals surface area (Å²) < 4.78 is 1.92. The summed E-state index contributed by atoms with van der Waals surface area (Å²) in [5.74, 6) is -0.828. The van der Waals surface area contributed by atoms with E-state index in [1.54, 1.807) is 11.9 Å². The molecular formula is C11H13N3O2. The summed E-state index contributed by atoms with van der Waals surface area (Å²) in [4.78, 5) is 16.6. The highest BCUT2D eigenvalue weighted by Gasteiger charge is 2.07. The normalized spacial score (nSPS) is 11.1. The van der Waals surface area contributed by atoms with Gasteiger partial charge in [0, 0.05) is 18.9 Å². The van der Waals surface area contributed by atoms with Crippen LogP contribution in [0, 0.1) is 0 Å². The average molecular weight is 219 g/mol. The minimum absolute atomic E-state index is 0.0217. The van der Waals surface area contributed by atoms with Gasteiger partial charge in [0.15, 0.2) is 0 Å². The number of aromatic nitrogens is 2. The molecule has 2 aromatic rings. The monoisotopic (exact) mass is 219 g/mol. The molecule has 0 unspecified atom stereocenters. The molecule has 0 aliphatic heterocycles. The molecule has 0 aromatic carbocycles. The largest absolute Gasteiger partial charge is 0.480 e. The first-order valence-corrected chi connectivity index (χ1v) is 4.98. The van der Waals surface area contributed by atoms with Gasteiger partial charge >= 0.3 is 5.97 Å². The summed E-state index contributed by atoms with van der Waals surface area (Å²) >= 11 is 0. The zero-order valence-corrected chi connectivity index (χ0v) is 9.00. The van der Waals surface area contributed by atoms with E-state index in [0.29, 0.717) is 6.54 Å². The minimum Gasteiger partial charge on any atom is -0.480 e. The summed E-state index contributed by atoms with van der Waals surface area (Å²) in [6, 6.07) is 5.77. The Bertz CT molecular complexity index is 474. The Hall–Kier alpha value is -1.88. The third-order valence-corrected chi connectivity index (χ3v) is 2.25. The molecule has 0 aliphatic rings. The van der Waals surface area contributed by atoms with Crippen LogP contribution >= 0.6 is 0 Å². The molecule has 0 spiro atoms. The summed E-state index contributed by atoms with van der Waals surface area (Å²) in [6.45, 7) is 0.557. The first-order chi connectivity index (χ1) is 7.65. The molecule has 2 aromatic heterocycles. The smallest absolute Gasteiger partial charge is 0.317 e. The number of aliphatic carboxylic acids is 1. The molecule has 0 aliphatic carbocycles. The van der Waals surface area contributed by atoms with E-state index in [1.807, 2.05) is 35.0 Å². The van der Waals surface area contributed by atoms with E-state index in [4.69, 9.17) is 5.11 Å². The fraction of sp³-hybridized carbons (Fsp3) is 0.273. The molecule has 0 fully saturated rings. The van der Waals surface area contributed by atoms with E-state index in [2.05, 4.69) is 4.98 Å². The fourth-order valence-electron chi connectivity index (χ4n) is 1.63. The van der Waals surface area contributed by atoms with Gasteiger partial charge in [0.25, 0.3) is 0 Å². The highest BCUT2D eigenvalue weighted by Crippen LogP contribution is 2.06. The predicted octanol–water partition coefficient (Wildman–Crippen LogP) is 0.851. The lowest BCUT2D eigenvalue weighted by Crippen LogP contribution is -2.25. The number of hydrogen-bond acceptors (Lipinski definition) is 3. The number of likely N-dealkylation sites (N-methyl/N-ethyl adjacent to an activating group) is 1. The third-order valence-electron chi connectivity index (χ3n) is 2.25. The number of fused-ring (bicyclic) bond motifs is 1. The number of imidazole rings is 1. The molecule has 0 saturated heterocycles. The standard InChI is InChI=1S/C11H13N3O2/c1-13(8-11(15)16)6-9-7-14-5-3-2-4-10(14)12-9/h2-5,7H,6,8H2,1H3,(H,15,16). The molecule has 1 N–H and O–H groups in total. The number of carboxylic acids is 1. The first-order valence-electron chi connectivity index (χ1n) is 4.98. The van der Waals surface area contributed by atoms with Gasteiger partial charge in [-0.2, -0.15) is 0 Å². The van der Waals surface area contributed by atoms with E-state index in [-0.39, 0.29) is 6.54 Å². The number of carboxylic acid groups (broad SMARTS) is 1. The zero-order valence-electron chi connectivity index (χ0n) is 9.00. The summed E-state index contributed by atoms with van der Waals surface area (Å²) in [7, 11) is 1.76. The van der Waals surface area contributed by atoms with Gasteiger partial charge in [-0.05, 0) is 19.2 Å². The van der Waals surface area contributed by atoms with Gasteiger partial charge < -0.3 is 9.51 Å². The SMILES string of the molecule is CN(CC(=O)O)Cc1cn2ccccc2n1. The quantitative estimate of drug-likeness (QED) is 0.828. The van der Waals surface area contributed by atoms with Gasteiger partial charge in [-0.15, -0.1) is 0 Å². The number of carbonyl (C=O) groups is 1. The summed E-state index contributed by atoms with van der Waals surface area (Å²) in [6.07, 6.45) is 3.83. The minimum atomic E-state index is -0.828. The molecular weight excluding hydrogens is 206 g/mol. The molecule has 16 heavy (non-hydrogen) atoms. The number of nitrogens with zero attached hydrogens (tertiary/aromatic N) is 3. The van der Waals surface area contributed by atoms with E-state index in [9.17, 15) is 4.79 Å². The van der Waals surface area contributed by atoms with E-state index >= 15 is 0 Å². The molecule has 2 rings (SSSR count). The molecule has 2 heterocycles. The fourth-order valence-corrected chi connectivity index (χ4v) is 1.63. The Labute approximate surface area is 92.9 Å². The van der Waals surface area contributed by atoms with Crippen LogP contribution in [-0.4, -0.2) is 39.0 Å². The zero-order chi connectivity index (χ0) is 11.5. The van der Waals surface area contributed by atoms with Crippen molar-refractivity contribution in [3.63, 3.8) is 0 Å². The molecule has 0 saturated carbocycles. The summed E-state index contributed by atoms with van der Waals surface area (Å²) in [5.41, 5.74) is 1.75. The second kappa shape index (κ2) is 4.32. The van der Waals surface area contributed by atoms with Crippen molar-refractivity contribution in [1.82, 2.24) is 14.3 Å². The molecule has 0 amide bonds. The number of rotatable bonds is 4. The number of hydrogen-bond donors (Lipinski definition) is 1. The van der Waals surface area contributed by atoms with Crippen LogP contribution in [0.1, 0.15) is 5.69 Å². The molecule has 0 bridgehead atoms. The van der Waals surface area contributed by atoms with Gasteiger partial charge in [0.2, 0.25) is 0 Å². The van der Waals surface area contributed by atoms with Crippen molar-refractivity contribution in [3.05, 3.63) is 36.3 Å². The predicted molar refractivity (Wildman–Crippen MR) is 59.2 cm³/mol. The maximum Gasteiger partial charge on any atom is 0.317 e. The molecule has 0 atom stereocenters. The van der Waals surface area contributed by atoms with Crippen LogP contribution in [0.4, 0.5) is 0 Å². The van der Waals surface area contributed by atoms with Gasteiger partial charge in [-0.1, -0.05) is 6.07 Å². The maximum atomic E-state index is 10.5. The highest BCUT2D eigenvalue weighted by atomic mass is 16.4. The van der Waals surface area contributed by atoms with Crippen LogP contribution in [0.2, 0.25) is 0 Å². The van der Waals surface area contributed by atoms with Crippen LogP contribution in [-0.2, 0) is 11.3 Å². The van der Waals surface area contributed by atoms with Gasteiger partial charge in [0.1, 0.15) is 5.65 Å². The van der Waals surface area contributed by atoms with Crippen molar-refractivity contribution < 1.29 is 9.90 Å². The van der Waals surface area contributed by atoms with Gasteiger partial charge in [-0.25, -0.2) is 4.98 Å². The van der Waals surface area contributed by atoms with Crippen molar-refractivity contribution in [2.24, 2.45) is 0 Å². The third kappa shape index (κ3) is 2.38. The number of pyridine rings is 1. The lowest BCUT2D eigenvalue weighted by molar-refractivity contribution is -0.138. The van der Waals surface area contributed by atoms with Crippen molar-refractivity contribution in [2.75, 3.05) is 13.6 Å². The summed E-state index contributed by atoms with van der Waals surface area (Å²) in [5, 5.41) is 8.63. The topological polar surface area (TPSA) is 57.8 Å². The lowest BCUT2D eigenvalue weighted by atomic mass is 10.4. The van der Waals surface area contributed by atoms with E-state index in [0.717, 1.165) is 11.3 Å². The van der Waals surface area contributed by atoms with Gasteiger partial charge in [0.05, 0.1) is 12.2 Å². The Morgan fingerprint density at radius 2 is 2.38 bits per heavy atom. The Balaban J connectivity index is 2.12. The van der Waals surface area contributed by atoms with Crippen molar-refractivity contribution in [3.8, 4) is 0 Å². The van der Waals surface area contributed by atoms with Crippen molar-refractivity contribution >= 4 is 11.6 Å². The maximum absolute atomic E-state index is 10.5. The van der Waals surface area contributed by atoms with Crippen LogP contribution in [0.25, 0.3) is 5.65 Å². The van der Waals surface area contributed by atoms with Crippen molar-refractivity contribution in [1.29, 1.82) is 0 Å². The van der Waals surface area contributed by atoms with Crippen LogP contribution in [0.3, 0.4) is 0 Å². The van der Waals surface area contributed by atoms with E-state index in [1.165, 1.54) is 0 Å².